The Hall–Kier alpha value is -2.21. The minimum Gasteiger partial charge on any atom is -0.460 e. The van der Waals surface area contributed by atoms with Gasteiger partial charge in [0.25, 0.3) is 0 Å². The van der Waals surface area contributed by atoms with Crippen molar-refractivity contribution in [1.82, 2.24) is 5.32 Å². The second kappa shape index (κ2) is 8.06. The fourth-order valence-corrected chi connectivity index (χ4v) is 1.19. The zero-order chi connectivity index (χ0) is 15.8. The number of hydrogen-bond donors (Lipinski definition) is 1. The Balaban J connectivity index is 4.85. The molecule has 0 aliphatic heterocycles. The van der Waals surface area contributed by atoms with Crippen LogP contribution in [0.5, 0.6) is 0 Å². The zero-order valence-corrected chi connectivity index (χ0v) is 12.1. The molecule has 1 amide bonds. The summed E-state index contributed by atoms with van der Waals surface area (Å²) < 4.78 is 9.88. The Morgan fingerprint density at radius 3 is 2.55 bits per heavy atom. The van der Waals surface area contributed by atoms with Crippen molar-refractivity contribution < 1.29 is 19.1 Å². The molecule has 0 unspecified atom stereocenters. The molecule has 0 aromatic heterocycles. The number of alkyl carbamates (subject to hydrolysis) is 1. The van der Waals surface area contributed by atoms with Gasteiger partial charge in [-0.05, 0) is 26.3 Å². The summed E-state index contributed by atoms with van der Waals surface area (Å²) in [5.74, 6) is -0.726. The van der Waals surface area contributed by atoms with Crippen molar-refractivity contribution in [3.63, 3.8) is 0 Å². The van der Waals surface area contributed by atoms with Crippen LogP contribution in [0.25, 0.3) is 10.4 Å². The minimum absolute atomic E-state index is 0.00564. The van der Waals surface area contributed by atoms with Gasteiger partial charge in [-0.25, -0.2) is 9.59 Å². The van der Waals surface area contributed by atoms with Crippen molar-refractivity contribution in [2.75, 3.05) is 6.61 Å². The number of carbonyl (C=O) groups is 2. The molecule has 0 aliphatic carbocycles. The first-order chi connectivity index (χ1) is 9.21. The van der Waals surface area contributed by atoms with E-state index in [9.17, 15) is 9.59 Å². The number of amides is 1. The number of rotatable bonds is 6. The second-order valence-electron chi connectivity index (χ2n) is 4.99. The summed E-state index contributed by atoms with van der Waals surface area (Å²) >= 11 is 0. The average Bonchev–Trinajstić information content (AvgIpc) is 2.31. The highest BCUT2D eigenvalue weighted by Crippen LogP contribution is 2.09. The number of hydrogen-bond acceptors (Lipinski definition) is 5. The third-order valence-corrected chi connectivity index (χ3v) is 1.99. The number of nitrogens with one attached hydrogen (secondary N) is 1. The van der Waals surface area contributed by atoms with Gasteiger partial charge in [-0.2, -0.15) is 0 Å². The van der Waals surface area contributed by atoms with Crippen LogP contribution in [0, 0.1) is 0 Å². The SMILES string of the molecule is C=CCOC(=O)[C@@H](NC(=O)OC(C)(C)C)[C@H](C)N=[N+]=[N-]. The van der Waals surface area contributed by atoms with Crippen molar-refractivity contribution in [1.29, 1.82) is 0 Å². The van der Waals surface area contributed by atoms with E-state index in [0.717, 1.165) is 0 Å². The van der Waals surface area contributed by atoms with E-state index in [4.69, 9.17) is 15.0 Å². The molecule has 0 radical (unpaired) electrons. The van der Waals surface area contributed by atoms with Gasteiger partial charge in [-0.3, -0.25) is 0 Å². The molecule has 0 rings (SSSR count). The van der Waals surface area contributed by atoms with Crippen molar-refractivity contribution in [3.05, 3.63) is 23.1 Å². The molecule has 0 aromatic carbocycles. The lowest BCUT2D eigenvalue weighted by atomic mass is 10.1. The Kier molecular flexibility index (Phi) is 7.17. The molecule has 20 heavy (non-hydrogen) atoms. The van der Waals surface area contributed by atoms with E-state index in [0.29, 0.717) is 0 Å². The molecular weight excluding hydrogens is 264 g/mol. The topological polar surface area (TPSA) is 113 Å². The van der Waals surface area contributed by atoms with E-state index in [2.05, 4.69) is 21.9 Å². The Labute approximate surface area is 117 Å². The Bertz CT molecular complexity index is 410. The quantitative estimate of drug-likeness (QED) is 0.265. The molecule has 8 heteroatoms. The summed E-state index contributed by atoms with van der Waals surface area (Å²) in [4.78, 5) is 26.1. The first-order valence-corrected chi connectivity index (χ1v) is 6.02. The number of nitrogens with zero attached hydrogens (tertiary/aromatic N) is 3. The summed E-state index contributed by atoms with van der Waals surface area (Å²) in [5, 5.41) is 5.72. The lowest BCUT2D eigenvalue weighted by molar-refractivity contribution is -0.145. The monoisotopic (exact) mass is 284 g/mol. The standard InChI is InChI=1S/C12H20N4O4/c1-6-7-19-10(17)9(8(2)15-16-13)14-11(18)20-12(3,4)5/h6,8-9H,1,7H2,2-5H3,(H,14,18)/t8-,9-/m0/s1. The number of esters is 1. The fraction of sp³-hybridized carbons (Fsp3) is 0.667. The summed E-state index contributed by atoms with van der Waals surface area (Å²) in [6, 6.07) is -1.94. The van der Waals surface area contributed by atoms with Gasteiger partial charge in [0.2, 0.25) is 0 Å². The molecule has 0 heterocycles. The molecule has 0 fully saturated rings. The first-order valence-electron chi connectivity index (χ1n) is 6.02. The van der Waals surface area contributed by atoms with Crippen LogP contribution in [0.15, 0.2) is 17.8 Å². The predicted octanol–water partition coefficient (Wildman–Crippen LogP) is 2.31. The van der Waals surface area contributed by atoms with Gasteiger partial charge < -0.3 is 14.8 Å². The van der Waals surface area contributed by atoms with Crippen LogP contribution >= 0.6 is 0 Å². The number of ether oxygens (including phenoxy) is 2. The highest BCUT2D eigenvalue weighted by Gasteiger charge is 2.29. The van der Waals surface area contributed by atoms with Crippen molar-refractivity contribution in [2.45, 2.75) is 45.4 Å². The molecule has 0 saturated heterocycles. The van der Waals surface area contributed by atoms with Crippen LogP contribution in [0.1, 0.15) is 27.7 Å². The van der Waals surface area contributed by atoms with E-state index in [1.54, 1.807) is 20.8 Å². The zero-order valence-electron chi connectivity index (χ0n) is 12.1. The van der Waals surface area contributed by atoms with Crippen LogP contribution in [0.4, 0.5) is 4.79 Å². The van der Waals surface area contributed by atoms with Crippen molar-refractivity contribution in [2.24, 2.45) is 5.11 Å². The fourth-order valence-electron chi connectivity index (χ4n) is 1.19. The molecule has 112 valence electrons. The van der Waals surface area contributed by atoms with Gasteiger partial charge >= 0.3 is 12.1 Å². The van der Waals surface area contributed by atoms with Gasteiger partial charge in [0.1, 0.15) is 18.2 Å². The molecule has 0 aromatic rings. The predicted molar refractivity (Wildman–Crippen MR) is 72.9 cm³/mol. The molecule has 8 nitrogen and oxygen atoms in total. The summed E-state index contributed by atoms with van der Waals surface area (Å²) in [5.41, 5.74) is 7.70. The normalized spacial score (nSPS) is 13.4. The van der Waals surface area contributed by atoms with E-state index in [-0.39, 0.29) is 6.61 Å². The lowest BCUT2D eigenvalue weighted by Gasteiger charge is -2.24. The van der Waals surface area contributed by atoms with Crippen LogP contribution in [-0.4, -0.2) is 36.4 Å². The Morgan fingerprint density at radius 2 is 2.10 bits per heavy atom. The molecule has 0 spiro atoms. The lowest BCUT2D eigenvalue weighted by Crippen LogP contribution is -2.49. The minimum atomic E-state index is -1.12. The maximum absolute atomic E-state index is 11.8. The van der Waals surface area contributed by atoms with E-state index in [1.165, 1.54) is 13.0 Å². The van der Waals surface area contributed by atoms with Crippen LogP contribution in [0.2, 0.25) is 0 Å². The smallest absolute Gasteiger partial charge is 0.408 e. The van der Waals surface area contributed by atoms with Gasteiger partial charge in [0.15, 0.2) is 0 Å². The largest absolute Gasteiger partial charge is 0.460 e. The molecule has 2 atom stereocenters. The van der Waals surface area contributed by atoms with Crippen molar-refractivity contribution in [3.8, 4) is 0 Å². The Morgan fingerprint density at radius 1 is 1.50 bits per heavy atom. The molecule has 1 N–H and O–H groups in total. The maximum atomic E-state index is 11.8. The number of carbonyl (C=O) groups excluding carboxylic acids is 2. The van der Waals surface area contributed by atoms with Crippen LogP contribution in [0.3, 0.4) is 0 Å². The summed E-state index contributed by atoms with van der Waals surface area (Å²) in [6.45, 7) is 9.96. The van der Waals surface area contributed by atoms with Crippen molar-refractivity contribution >= 4 is 12.1 Å². The summed E-state index contributed by atoms with van der Waals surface area (Å²) in [6.07, 6.45) is 0.596. The van der Waals surface area contributed by atoms with Gasteiger partial charge in [0.05, 0.1) is 6.04 Å². The molecule has 0 aliphatic rings. The number of azide groups is 1. The third-order valence-electron chi connectivity index (χ3n) is 1.99. The average molecular weight is 284 g/mol. The maximum Gasteiger partial charge on any atom is 0.408 e. The molecular formula is C12H20N4O4. The van der Waals surface area contributed by atoms with Gasteiger partial charge in [0, 0.05) is 4.91 Å². The third kappa shape index (κ3) is 7.27. The first kappa shape index (κ1) is 17.8. The van der Waals surface area contributed by atoms with Gasteiger partial charge in [-0.1, -0.05) is 24.7 Å². The van der Waals surface area contributed by atoms with E-state index >= 15 is 0 Å². The van der Waals surface area contributed by atoms with Crippen LogP contribution in [-0.2, 0) is 14.3 Å². The highest BCUT2D eigenvalue weighted by atomic mass is 16.6. The van der Waals surface area contributed by atoms with E-state index < -0.39 is 29.7 Å². The molecule has 0 saturated carbocycles. The van der Waals surface area contributed by atoms with Gasteiger partial charge in [-0.15, -0.1) is 0 Å². The molecule has 0 bridgehead atoms. The van der Waals surface area contributed by atoms with Crippen LogP contribution < -0.4 is 5.32 Å². The second-order valence-corrected chi connectivity index (χ2v) is 4.99. The highest BCUT2D eigenvalue weighted by molar-refractivity contribution is 5.82. The van der Waals surface area contributed by atoms with E-state index in [1.807, 2.05) is 0 Å². The summed E-state index contributed by atoms with van der Waals surface area (Å²) in [7, 11) is 0.